The van der Waals surface area contributed by atoms with Gasteiger partial charge in [0.25, 0.3) is 5.91 Å². The van der Waals surface area contributed by atoms with Crippen molar-refractivity contribution < 1.29 is 9.53 Å². The SMILES string of the molecule is COc1ccc(C2Cn3ccnc3CN2C(=O)c2ccnc(C)n2)cc1. The fourth-order valence-corrected chi connectivity index (χ4v) is 3.25. The summed E-state index contributed by atoms with van der Waals surface area (Å²) in [4.78, 5) is 27.7. The predicted octanol–water partition coefficient (Wildman–Crippen LogP) is 2.39. The smallest absolute Gasteiger partial charge is 0.273 e. The molecule has 1 amide bonds. The van der Waals surface area contributed by atoms with E-state index in [0.717, 1.165) is 17.1 Å². The molecule has 3 aromatic rings. The van der Waals surface area contributed by atoms with E-state index in [0.29, 0.717) is 24.6 Å². The van der Waals surface area contributed by atoms with Gasteiger partial charge in [-0.1, -0.05) is 12.1 Å². The Hall–Kier alpha value is -3.22. The number of amides is 1. The molecule has 26 heavy (non-hydrogen) atoms. The first-order valence-electron chi connectivity index (χ1n) is 8.40. The summed E-state index contributed by atoms with van der Waals surface area (Å²) in [6, 6.07) is 9.37. The van der Waals surface area contributed by atoms with Crippen molar-refractivity contribution in [2.45, 2.75) is 26.1 Å². The van der Waals surface area contributed by atoms with Crippen LogP contribution in [-0.2, 0) is 13.1 Å². The quantitative estimate of drug-likeness (QED) is 0.726. The van der Waals surface area contributed by atoms with E-state index in [9.17, 15) is 4.79 Å². The van der Waals surface area contributed by atoms with Gasteiger partial charge >= 0.3 is 0 Å². The zero-order valence-corrected chi connectivity index (χ0v) is 14.7. The van der Waals surface area contributed by atoms with Gasteiger partial charge < -0.3 is 14.2 Å². The molecule has 1 aromatic carbocycles. The molecule has 0 spiro atoms. The molecule has 7 heteroatoms. The van der Waals surface area contributed by atoms with E-state index in [1.807, 2.05) is 35.4 Å². The minimum absolute atomic E-state index is 0.106. The van der Waals surface area contributed by atoms with Crippen LogP contribution in [0.25, 0.3) is 0 Å². The lowest BCUT2D eigenvalue weighted by atomic mass is 10.0. The molecule has 3 heterocycles. The first-order valence-corrected chi connectivity index (χ1v) is 8.40. The van der Waals surface area contributed by atoms with Gasteiger partial charge in [0.2, 0.25) is 0 Å². The van der Waals surface area contributed by atoms with Gasteiger partial charge in [-0.05, 0) is 30.7 Å². The van der Waals surface area contributed by atoms with Crippen LogP contribution in [0.15, 0.2) is 48.9 Å². The van der Waals surface area contributed by atoms with Crippen molar-refractivity contribution in [1.82, 2.24) is 24.4 Å². The summed E-state index contributed by atoms with van der Waals surface area (Å²) in [5, 5.41) is 0. The number of carbonyl (C=O) groups is 1. The Labute approximate surface area is 151 Å². The van der Waals surface area contributed by atoms with Crippen molar-refractivity contribution in [3.8, 4) is 5.75 Å². The predicted molar refractivity (Wildman–Crippen MR) is 94.6 cm³/mol. The number of ether oxygens (including phenoxy) is 1. The Balaban J connectivity index is 1.72. The first-order chi connectivity index (χ1) is 12.7. The number of hydrogen-bond acceptors (Lipinski definition) is 5. The van der Waals surface area contributed by atoms with Gasteiger partial charge in [0.1, 0.15) is 23.1 Å². The van der Waals surface area contributed by atoms with Crippen LogP contribution in [0, 0.1) is 6.92 Å². The summed E-state index contributed by atoms with van der Waals surface area (Å²) in [6.45, 7) is 2.86. The van der Waals surface area contributed by atoms with E-state index in [-0.39, 0.29) is 11.9 Å². The minimum atomic E-state index is -0.120. The Morgan fingerprint density at radius 2 is 1.96 bits per heavy atom. The van der Waals surface area contributed by atoms with E-state index in [1.165, 1.54) is 0 Å². The van der Waals surface area contributed by atoms with Gasteiger partial charge in [-0.15, -0.1) is 0 Å². The van der Waals surface area contributed by atoms with Crippen LogP contribution in [0.2, 0.25) is 0 Å². The number of hydrogen-bond donors (Lipinski definition) is 0. The molecule has 1 unspecified atom stereocenters. The van der Waals surface area contributed by atoms with E-state index in [4.69, 9.17) is 4.74 Å². The van der Waals surface area contributed by atoms with Crippen LogP contribution in [0.4, 0.5) is 0 Å². The number of imidazole rings is 1. The lowest BCUT2D eigenvalue weighted by Crippen LogP contribution is -2.41. The van der Waals surface area contributed by atoms with Gasteiger partial charge in [-0.2, -0.15) is 0 Å². The minimum Gasteiger partial charge on any atom is -0.497 e. The molecule has 0 aliphatic carbocycles. The van der Waals surface area contributed by atoms with Gasteiger partial charge in [-0.3, -0.25) is 4.79 Å². The fraction of sp³-hybridized carbons (Fsp3) is 0.263. The number of fused-ring (bicyclic) bond motifs is 1. The van der Waals surface area contributed by atoms with Crippen LogP contribution in [0.1, 0.15) is 33.7 Å². The first kappa shape index (κ1) is 16.3. The van der Waals surface area contributed by atoms with Crippen molar-refractivity contribution in [1.29, 1.82) is 0 Å². The largest absolute Gasteiger partial charge is 0.497 e. The normalized spacial score (nSPS) is 16.2. The molecule has 0 radical (unpaired) electrons. The van der Waals surface area contributed by atoms with Gasteiger partial charge in [0.15, 0.2) is 0 Å². The fourth-order valence-electron chi connectivity index (χ4n) is 3.25. The highest BCUT2D eigenvalue weighted by atomic mass is 16.5. The maximum atomic E-state index is 13.2. The summed E-state index contributed by atoms with van der Waals surface area (Å²) >= 11 is 0. The monoisotopic (exact) mass is 349 g/mol. The standard InChI is InChI=1S/C19H19N5O2/c1-13-20-8-7-16(22-13)19(25)24-12-18-21-9-10-23(18)11-17(24)14-3-5-15(26-2)6-4-14/h3-10,17H,11-12H2,1-2H3. The Bertz CT molecular complexity index is 935. The molecule has 0 bridgehead atoms. The third-order valence-corrected chi connectivity index (χ3v) is 4.62. The van der Waals surface area contributed by atoms with Crippen molar-refractivity contribution in [2.75, 3.05) is 7.11 Å². The second-order valence-corrected chi connectivity index (χ2v) is 6.21. The van der Waals surface area contributed by atoms with Gasteiger partial charge in [0.05, 0.1) is 19.7 Å². The summed E-state index contributed by atoms with van der Waals surface area (Å²) in [6.07, 6.45) is 5.33. The molecule has 132 valence electrons. The highest BCUT2D eigenvalue weighted by Crippen LogP contribution is 2.31. The number of methoxy groups -OCH3 is 1. The van der Waals surface area contributed by atoms with E-state index in [2.05, 4.69) is 19.5 Å². The van der Waals surface area contributed by atoms with Crippen molar-refractivity contribution in [3.63, 3.8) is 0 Å². The Kier molecular flexibility index (Phi) is 4.12. The van der Waals surface area contributed by atoms with Crippen LogP contribution in [0.3, 0.4) is 0 Å². The van der Waals surface area contributed by atoms with Crippen LogP contribution in [0.5, 0.6) is 5.75 Å². The zero-order chi connectivity index (χ0) is 18.1. The molecule has 1 aliphatic rings. The molecule has 4 rings (SSSR count). The van der Waals surface area contributed by atoms with E-state index in [1.54, 1.807) is 32.5 Å². The number of nitrogens with zero attached hydrogens (tertiary/aromatic N) is 5. The third-order valence-electron chi connectivity index (χ3n) is 4.62. The summed E-state index contributed by atoms with van der Waals surface area (Å²) in [7, 11) is 1.64. The van der Waals surface area contributed by atoms with Crippen LogP contribution >= 0.6 is 0 Å². The molecule has 0 saturated heterocycles. The van der Waals surface area contributed by atoms with Crippen LogP contribution in [-0.4, -0.2) is 37.4 Å². The maximum absolute atomic E-state index is 13.2. The molecule has 1 aliphatic heterocycles. The lowest BCUT2D eigenvalue weighted by Gasteiger charge is -2.36. The maximum Gasteiger partial charge on any atom is 0.273 e. The number of carbonyl (C=O) groups excluding carboxylic acids is 1. The van der Waals surface area contributed by atoms with Gasteiger partial charge in [-0.25, -0.2) is 15.0 Å². The summed E-state index contributed by atoms with van der Waals surface area (Å²) in [5.41, 5.74) is 1.44. The van der Waals surface area contributed by atoms with Crippen molar-refractivity contribution in [2.24, 2.45) is 0 Å². The van der Waals surface area contributed by atoms with Gasteiger partial charge in [0, 0.05) is 25.1 Å². The van der Waals surface area contributed by atoms with Crippen molar-refractivity contribution >= 4 is 5.91 Å². The summed E-state index contributed by atoms with van der Waals surface area (Å²) < 4.78 is 7.33. The summed E-state index contributed by atoms with van der Waals surface area (Å²) in [5.74, 6) is 2.12. The average Bonchev–Trinajstić information content (AvgIpc) is 3.14. The second kappa shape index (κ2) is 6.59. The lowest BCUT2D eigenvalue weighted by molar-refractivity contribution is 0.0578. The van der Waals surface area contributed by atoms with Crippen LogP contribution < -0.4 is 4.74 Å². The molecule has 7 nitrogen and oxygen atoms in total. The van der Waals surface area contributed by atoms with Crippen molar-refractivity contribution in [3.05, 3.63) is 71.8 Å². The molecule has 1 atom stereocenters. The molecule has 0 saturated carbocycles. The molecule has 0 fully saturated rings. The topological polar surface area (TPSA) is 73.1 Å². The average molecular weight is 349 g/mol. The molecular weight excluding hydrogens is 330 g/mol. The Morgan fingerprint density at radius 3 is 2.69 bits per heavy atom. The number of rotatable bonds is 3. The second-order valence-electron chi connectivity index (χ2n) is 6.21. The molecule has 2 aromatic heterocycles. The third kappa shape index (κ3) is 2.92. The molecule has 0 N–H and O–H groups in total. The number of aryl methyl sites for hydroxylation is 1. The number of benzene rings is 1. The number of aromatic nitrogens is 4. The highest BCUT2D eigenvalue weighted by molar-refractivity contribution is 5.92. The zero-order valence-electron chi connectivity index (χ0n) is 14.7. The Morgan fingerprint density at radius 1 is 1.15 bits per heavy atom. The van der Waals surface area contributed by atoms with E-state index < -0.39 is 0 Å². The van der Waals surface area contributed by atoms with E-state index >= 15 is 0 Å². The highest BCUT2D eigenvalue weighted by Gasteiger charge is 2.32. The molecular formula is C19H19N5O2.